The van der Waals surface area contributed by atoms with Crippen molar-refractivity contribution >= 4 is 18.4 Å². The van der Waals surface area contributed by atoms with Crippen molar-refractivity contribution in [2.24, 2.45) is 0 Å². The fourth-order valence-corrected chi connectivity index (χ4v) is 13.2. The molecular formula is C37H44O6Si. The second-order valence-electron chi connectivity index (χ2n) is 13.0. The van der Waals surface area contributed by atoms with E-state index in [4.69, 9.17) is 9.47 Å². The Morgan fingerprint density at radius 1 is 0.705 bits per heavy atom. The van der Waals surface area contributed by atoms with Crippen molar-refractivity contribution in [1.82, 2.24) is 0 Å². The first kappa shape index (κ1) is 32.3. The molecule has 4 aromatic carbocycles. The van der Waals surface area contributed by atoms with Crippen molar-refractivity contribution in [3.05, 3.63) is 132 Å². The second kappa shape index (κ2) is 12.7. The lowest BCUT2D eigenvalue weighted by molar-refractivity contribution is -0.372. The minimum atomic E-state index is -3.28. The third kappa shape index (κ3) is 5.47. The van der Waals surface area contributed by atoms with Crippen molar-refractivity contribution in [3.8, 4) is 0 Å². The van der Waals surface area contributed by atoms with E-state index in [1.54, 1.807) is 0 Å². The number of hydrogen-bond donors (Lipinski definition) is 4. The molecule has 1 unspecified atom stereocenters. The molecule has 0 bridgehead atoms. The van der Waals surface area contributed by atoms with Gasteiger partial charge >= 0.3 is 0 Å². The number of aliphatic hydroxyl groups is 4. The lowest BCUT2D eigenvalue weighted by Crippen LogP contribution is -2.82. The fourth-order valence-electron chi connectivity index (χ4n) is 7.33. The summed E-state index contributed by atoms with van der Waals surface area (Å²) < 4.78 is 12.3. The van der Waals surface area contributed by atoms with Gasteiger partial charge in [-0.25, -0.2) is 0 Å². The number of ether oxygens (including phenoxy) is 2. The van der Waals surface area contributed by atoms with Gasteiger partial charge in [0.25, 0.3) is 0 Å². The van der Waals surface area contributed by atoms with E-state index >= 15 is 0 Å². The summed E-state index contributed by atoms with van der Waals surface area (Å²) in [7, 11) is -1.87. The summed E-state index contributed by atoms with van der Waals surface area (Å²) in [6, 6.07) is 38.4. The molecule has 0 amide bonds. The zero-order valence-electron chi connectivity index (χ0n) is 25.9. The number of benzene rings is 4. The van der Waals surface area contributed by atoms with E-state index in [-0.39, 0.29) is 12.8 Å². The van der Waals surface area contributed by atoms with E-state index in [0.717, 1.165) is 21.5 Å². The van der Waals surface area contributed by atoms with Crippen molar-refractivity contribution in [2.75, 3.05) is 7.11 Å². The summed E-state index contributed by atoms with van der Waals surface area (Å²) in [6.45, 7) is 6.31. The molecule has 1 saturated heterocycles. The topological polar surface area (TPSA) is 99.4 Å². The van der Waals surface area contributed by atoms with Gasteiger partial charge in [-0.15, -0.1) is 0 Å². The molecular weight excluding hydrogens is 568 g/mol. The Balaban J connectivity index is 1.70. The average molecular weight is 613 g/mol. The molecule has 6 nitrogen and oxygen atoms in total. The summed E-state index contributed by atoms with van der Waals surface area (Å²) in [4.78, 5) is 0. The maximum atomic E-state index is 12.8. The minimum absolute atomic E-state index is 0.0469. The summed E-state index contributed by atoms with van der Waals surface area (Å²) in [5, 5.41) is 51.8. The Hall–Kier alpha value is -3.14. The summed E-state index contributed by atoms with van der Waals surface area (Å²) in [6.07, 6.45) is -4.48. The van der Waals surface area contributed by atoms with E-state index < -0.39 is 48.5 Å². The lowest BCUT2D eigenvalue weighted by atomic mass is 9.68. The van der Waals surface area contributed by atoms with Crippen LogP contribution in [0, 0.1) is 0 Å². The highest BCUT2D eigenvalue weighted by atomic mass is 28.3. The van der Waals surface area contributed by atoms with Gasteiger partial charge in [0, 0.05) is 20.0 Å². The molecule has 1 fully saturated rings. The molecule has 1 aliphatic rings. The summed E-state index contributed by atoms with van der Waals surface area (Å²) >= 11 is 0. The van der Waals surface area contributed by atoms with E-state index in [9.17, 15) is 20.4 Å². The molecule has 4 N–H and O–H groups in total. The number of aliphatic hydroxyl groups excluding tert-OH is 2. The van der Waals surface area contributed by atoms with Crippen LogP contribution in [0.15, 0.2) is 121 Å². The predicted molar refractivity (Wildman–Crippen MR) is 175 cm³/mol. The first-order valence-electron chi connectivity index (χ1n) is 15.2. The highest BCUT2D eigenvalue weighted by Gasteiger charge is 2.68. The molecule has 1 heterocycles. The monoisotopic (exact) mass is 612 g/mol. The van der Waals surface area contributed by atoms with Gasteiger partial charge in [-0.3, -0.25) is 0 Å². The van der Waals surface area contributed by atoms with Crippen LogP contribution in [-0.2, 0) is 22.3 Å². The molecule has 5 rings (SSSR count). The van der Waals surface area contributed by atoms with E-state index in [1.807, 2.05) is 121 Å². The molecule has 232 valence electrons. The van der Waals surface area contributed by atoms with Crippen molar-refractivity contribution < 1.29 is 29.9 Å². The van der Waals surface area contributed by atoms with Crippen LogP contribution in [0.2, 0.25) is 5.04 Å². The Morgan fingerprint density at radius 3 is 1.48 bits per heavy atom. The third-order valence-electron chi connectivity index (χ3n) is 9.46. The Morgan fingerprint density at radius 2 is 1.09 bits per heavy atom. The first-order valence-corrected chi connectivity index (χ1v) is 17.2. The molecule has 0 aromatic heterocycles. The lowest BCUT2D eigenvalue weighted by Gasteiger charge is -2.58. The number of hydrogen-bond acceptors (Lipinski definition) is 6. The van der Waals surface area contributed by atoms with E-state index in [2.05, 4.69) is 20.8 Å². The van der Waals surface area contributed by atoms with Gasteiger partial charge in [0.2, 0.25) is 0 Å². The SMILES string of the molecule is CO[C@H]1O[C@H](C(O)[Si](c2ccccc2)(c2ccccc2)C(C)(C)C)[C@@H](O)[C@@](O)(Cc2ccccc2)[C@]1(O)Cc1ccccc1. The Bertz CT molecular complexity index is 1440. The zero-order chi connectivity index (χ0) is 31.6. The van der Waals surface area contributed by atoms with Gasteiger partial charge in [0.05, 0.1) is 5.73 Å². The molecule has 1 aliphatic heterocycles. The van der Waals surface area contributed by atoms with Gasteiger partial charge in [0.15, 0.2) is 20.0 Å². The average Bonchev–Trinajstić information content (AvgIpc) is 3.02. The van der Waals surface area contributed by atoms with Gasteiger partial charge in [-0.1, -0.05) is 152 Å². The highest BCUT2D eigenvalue weighted by Crippen LogP contribution is 2.47. The van der Waals surface area contributed by atoms with Crippen molar-refractivity contribution in [3.63, 3.8) is 0 Å². The van der Waals surface area contributed by atoms with Gasteiger partial charge < -0.3 is 29.9 Å². The molecule has 4 aromatic rings. The standard InChI is InChI=1S/C37H44O6Si/c1-35(2,3)44(29-21-13-7-14-22-29,30-23-15-8-16-24-30)33(39)31-32(38)36(40,25-27-17-9-5-10-18-27)37(41,34(42-4)43-31)26-28-19-11-6-12-20-28/h5-24,31-34,38-41H,25-26H2,1-4H3/t31-,32+,33?,34-,36-,37-/m0/s1. The number of rotatable bonds is 9. The summed E-state index contributed by atoms with van der Waals surface area (Å²) in [5.41, 5.74) is -4.02. The van der Waals surface area contributed by atoms with Crippen LogP contribution in [0.1, 0.15) is 31.9 Å². The highest BCUT2D eigenvalue weighted by molar-refractivity contribution is 7.05. The molecule has 7 heteroatoms. The van der Waals surface area contributed by atoms with Gasteiger partial charge in [-0.05, 0) is 16.2 Å². The fraction of sp³-hybridized carbons (Fsp3) is 0.351. The maximum absolute atomic E-state index is 12.8. The van der Waals surface area contributed by atoms with E-state index in [0.29, 0.717) is 0 Å². The van der Waals surface area contributed by atoms with Crippen molar-refractivity contribution in [1.29, 1.82) is 0 Å². The molecule has 6 atom stereocenters. The van der Waals surface area contributed by atoms with Crippen molar-refractivity contribution in [2.45, 2.75) is 74.1 Å². The largest absolute Gasteiger partial charge is 0.393 e. The normalized spacial score (nSPS) is 26.7. The van der Waals surface area contributed by atoms with Gasteiger partial charge in [0.1, 0.15) is 17.8 Å². The minimum Gasteiger partial charge on any atom is -0.393 e. The quantitative estimate of drug-likeness (QED) is 0.216. The van der Waals surface area contributed by atoms with Crippen LogP contribution in [0.5, 0.6) is 0 Å². The van der Waals surface area contributed by atoms with Crippen LogP contribution in [0.4, 0.5) is 0 Å². The molecule has 0 aliphatic carbocycles. The summed E-state index contributed by atoms with van der Waals surface area (Å²) in [5.74, 6) is 0. The smallest absolute Gasteiger partial charge is 0.189 e. The Labute approximate surface area is 261 Å². The van der Waals surface area contributed by atoms with Crippen LogP contribution >= 0.6 is 0 Å². The molecule has 0 spiro atoms. The molecule has 0 radical (unpaired) electrons. The maximum Gasteiger partial charge on any atom is 0.189 e. The predicted octanol–water partition coefficient (Wildman–Crippen LogP) is 3.63. The first-order chi connectivity index (χ1) is 21.0. The molecule has 44 heavy (non-hydrogen) atoms. The third-order valence-corrected chi connectivity index (χ3v) is 15.5. The van der Waals surface area contributed by atoms with Crippen LogP contribution in [-0.4, -0.2) is 71.0 Å². The van der Waals surface area contributed by atoms with Crippen LogP contribution < -0.4 is 10.4 Å². The van der Waals surface area contributed by atoms with Crippen LogP contribution in [0.3, 0.4) is 0 Å². The van der Waals surface area contributed by atoms with E-state index in [1.165, 1.54) is 7.11 Å². The molecule has 0 saturated carbocycles. The van der Waals surface area contributed by atoms with Crippen LogP contribution in [0.25, 0.3) is 0 Å². The second-order valence-corrected chi connectivity index (χ2v) is 17.9. The Kier molecular flexibility index (Phi) is 9.30. The number of methoxy groups -OCH3 is 1. The van der Waals surface area contributed by atoms with Gasteiger partial charge in [-0.2, -0.15) is 0 Å². The zero-order valence-corrected chi connectivity index (χ0v) is 26.9.